The SMILES string of the molecule is C[C@]12CCC(O)CC1=CC(=O)[C@@H]1[C@H]2CC[C@]2(C)C(=O)C(Br)C[C@@H]12. The van der Waals surface area contributed by atoms with Gasteiger partial charge in [-0.05, 0) is 61.9 Å². The maximum Gasteiger partial charge on any atom is 0.159 e. The van der Waals surface area contributed by atoms with Crippen molar-refractivity contribution in [3.05, 3.63) is 11.6 Å². The van der Waals surface area contributed by atoms with E-state index in [1.165, 1.54) is 0 Å². The second-order valence-electron chi connectivity index (χ2n) is 8.65. The van der Waals surface area contributed by atoms with Crippen molar-refractivity contribution >= 4 is 27.5 Å². The molecule has 0 aromatic rings. The smallest absolute Gasteiger partial charge is 0.159 e. The molecule has 4 aliphatic rings. The van der Waals surface area contributed by atoms with Crippen molar-refractivity contribution in [1.29, 1.82) is 0 Å². The molecule has 0 heterocycles. The molecule has 0 aliphatic heterocycles. The molecule has 0 aromatic heterocycles. The zero-order valence-corrected chi connectivity index (χ0v) is 15.4. The van der Waals surface area contributed by atoms with Gasteiger partial charge >= 0.3 is 0 Å². The fourth-order valence-electron chi connectivity index (χ4n) is 6.14. The van der Waals surface area contributed by atoms with Crippen LogP contribution in [0.2, 0.25) is 0 Å². The van der Waals surface area contributed by atoms with E-state index in [4.69, 9.17) is 0 Å². The van der Waals surface area contributed by atoms with Crippen LogP contribution in [0.3, 0.4) is 0 Å². The Labute approximate surface area is 146 Å². The molecule has 0 spiro atoms. The highest BCUT2D eigenvalue weighted by atomic mass is 79.9. The number of hydrogen-bond donors (Lipinski definition) is 1. The van der Waals surface area contributed by atoms with Crippen LogP contribution in [0.4, 0.5) is 0 Å². The molecule has 2 unspecified atom stereocenters. The lowest BCUT2D eigenvalue weighted by atomic mass is 9.48. The van der Waals surface area contributed by atoms with Crippen LogP contribution in [-0.2, 0) is 9.59 Å². The number of carbonyl (C=O) groups excluding carboxylic acids is 2. The van der Waals surface area contributed by atoms with E-state index in [1.807, 2.05) is 6.08 Å². The molecule has 23 heavy (non-hydrogen) atoms. The number of rotatable bonds is 0. The molecule has 4 heteroatoms. The second kappa shape index (κ2) is 5.01. The van der Waals surface area contributed by atoms with Gasteiger partial charge in [0.2, 0.25) is 0 Å². The lowest BCUT2D eigenvalue weighted by molar-refractivity contribution is -0.139. The Kier molecular flexibility index (Phi) is 3.49. The first-order chi connectivity index (χ1) is 10.8. The molecule has 0 saturated heterocycles. The lowest BCUT2D eigenvalue weighted by Crippen LogP contribution is -2.53. The average Bonchev–Trinajstić information content (AvgIpc) is 2.73. The molecule has 4 aliphatic carbocycles. The minimum absolute atomic E-state index is 0.00996. The van der Waals surface area contributed by atoms with Crippen molar-refractivity contribution < 1.29 is 14.7 Å². The van der Waals surface area contributed by atoms with Gasteiger partial charge in [0.05, 0.1) is 10.9 Å². The highest BCUT2D eigenvalue weighted by Gasteiger charge is 2.62. The molecule has 4 rings (SSSR count). The average molecular weight is 381 g/mol. The van der Waals surface area contributed by atoms with Crippen LogP contribution in [-0.4, -0.2) is 27.6 Å². The zero-order valence-electron chi connectivity index (χ0n) is 13.8. The number of fused-ring (bicyclic) bond motifs is 5. The van der Waals surface area contributed by atoms with Crippen molar-refractivity contribution in [2.45, 2.75) is 63.3 Å². The van der Waals surface area contributed by atoms with Gasteiger partial charge in [-0.3, -0.25) is 9.59 Å². The number of halogens is 1. The molecule has 3 fully saturated rings. The van der Waals surface area contributed by atoms with E-state index in [2.05, 4.69) is 29.8 Å². The minimum Gasteiger partial charge on any atom is -0.393 e. The highest BCUT2D eigenvalue weighted by molar-refractivity contribution is 9.10. The van der Waals surface area contributed by atoms with E-state index in [0.29, 0.717) is 18.1 Å². The van der Waals surface area contributed by atoms with Gasteiger partial charge in [-0.2, -0.15) is 0 Å². The predicted molar refractivity (Wildman–Crippen MR) is 91.2 cm³/mol. The molecule has 126 valence electrons. The van der Waals surface area contributed by atoms with Crippen LogP contribution in [0.15, 0.2) is 11.6 Å². The fraction of sp³-hybridized carbons (Fsp3) is 0.789. The van der Waals surface area contributed by atoms with E-state index in [-0.39, 0.29) is 39.4 Å². The number of hydrogen-bond acceptors (Lipinski definition) is 3. The molecular weight excluding hydrogens is 356 g/mol. The standard InChI is InChI=1S/C19H25BrO3/c1-18-5-3-11(21)7-10(18)8-15(22)16-12(18)4-6-19(2)13(16)9-14(20)17(19)23/h8,11-14,16,21H,3-7,9H2,1-2H3/t11?,12-,13+,14?,16-,18+,19+/m1/s1. The molecular formula is C19H25BrO3. The largest absolute Gasteiger partial charge is 0.393 e. The first-order valence-corrected chi connectivity index (χ1v) is 9.80. The van der Waals surface area contributed by atoms with Gasteiger partial charge in [0, 0.05) is 11.3 Å². The first-order valence-electron chi connectivity index (χ1n) is 8.89. The molecule has 3 nitrogen and oxygen atoms in total. The number of alkyl halides is 1. The summed E-state index contributed by atoms with van der Waals surface area (Å²) in [7, 11) is 0. The van der Waals surface area contributed by atoms with E-state index < -0.39 is 0 Å². The summed E-state index contributed by atoms with van der Waals surface area (Å²) in [4.78, 5) is 25.5. The lowest BCUT2D eigenvalue weighted by Gasteiger charge is -2.55. The monoisotopic (exact) mass is 380 g/mol. The quantitative estimate of drug-likeness (QED) is 0.654. The Balaban J connectivity index is 1.76. The van der Waals surface area contributed by atoms with Crippen LogP contribution in [0.5, 0.6) is 0 Å². The van der Waals surface area contributed by atoms with Gasteiger partial charge in [0.25, 0.3) is 0 Å². The van der Waals surface area contributed by atoms with E-state index in [9.17, 15) is 14.7 Å². The zero-order chi connectivity index (χ0) is 16.6. The Hall–Kier alpha value is -0.480. The van der Waals surface area contributed by atoms with Gasteiger partial charge < -0.3 is 5.11 Å². The molecule has 0 bridgehead atoms. The van der Waals surface area contributed by atoms with Crippen molar-refractivity contribution in [3.8, 4) is 0 Å². The van der Waals surface area contributed by atoms with Gasteiger partial charge in [0.15, 0.2) is 11.6 Å². The van der Waals surface area contributed by atoms with Crippen molar-refractivity contribution in [1.82, 2.24) is 0 Å². The normalized spacial score (nSPS) is 52.5. The van der Waals surface area contributed by atoms with E-state index >= 15 is 0 Å². The molecule has 1 N–H and O–H groups in total. The second-order valence-corrected chi connectivity index (χ2v) is 9.75. The first kappa shape index (κ1) is 16.0. The van der Waals surface area contributed by atoms with Crippen LogP contribution in [0.25, 0.3) is 0 Å². The van der Waals surface area contributed by atoms with Crippen molar-refractivity contribution in [2.24, 2.45) is 28.6 Å². The summed E-state index contributed by atoms with van der Waals surface area (Å²) in [5.41, 5.74) is 0.860. The van der Waals surface area contributed by atoms with E-state index in [0.717, 1.165) is 37.7 Å². The van der Waals surface area contributed by atoms with E-state index in [1.54, 1.807) is 0 Å². The third-order valence-electron chi connectivity index (χ3n) is 7.62. The topological polar surface area (TPSA) is 54.4 Å². The number of aliphatic hydroxyl groups excluding tert-OH is 1. The summed E-state index contributed by atoms with van der Waals surface area (Å²) in [6, 6.07) is 0. The number of Topliss-reactive ketones (excluding diaryl/α,β-unsaturated/α-hetero) is 1. The van der Waals surface area contributed by atoms with Crippen LogP contribution >= 0.6 is 15.9 Å². The number of allylic oxidation sites excluding steroid dienone is 1. The van der Waals surface area contributed by atoms with Gasteiger partial charge in [0.1, 0.15) is 0 Å². The van der Waals surface area contributed by atoms with Crippen LogP contribution in [0.1, 0.15) is 52.4 Å². The Morgan fingerprint density at radius 3 is 2.57 bits per heavy atom. The maximum atomic E-state index is 12.9. The van der Waals surface area contributed by atoms with Gasteiger partial charge in [-0.1, -0.05) is 35.4 Å². The van der Waals surface area contributed by atoms with Crippen LogP contribution < -0.4 is 0 Å². The predicted octanol–water partition coefficient (Wildman–Crippen LogP) is 3.43. The molecule has 0 amide bonds. The number of aliphatic hydroxyl groups is 1. The Morgan fingerprint density at radius 2 is 1.83 bits per heavy atom. The molecule has 7 atom stereocenters. The minimum atomic E-state index is -0.332. The number of ketones is 2. The fourth-order valence-corrected chi connectivity index (χ4v) is 7.07. The van der Waals surface area contributed by atoms with Gasteiger partial charge in [-0.15, -0.1) is 0 Å². The maximum absolute atomic E-state index is 12.9. The summed E-state index contributed by atoms with van der Waals surface area (Å²) in [6.45, 7) is 4.37. The summed E-state index contributed by atoms with van der Waals surface area (Å²) in [5.74, 6) is 1.01. The summed E-state index contributed by atoms with van der Waals surface area (Å²) in [5, 5.41) is 10.0. The summed E-state index contributed by atoms with van der Waals surface area (Å²) in [6.07, 6.45) is 6.62. The molecule has 3 saturated carbocycles. The molecule has 0 aromatic carbocycles. The third kappa shape index (κ3) is 2.03. The Bertz CT molecular complexity index is 612. The number of carbonyl (C=O) groups is 2. The van der Waals surface area contributed by atoms with Gasteiger partial charge in [-0.25, -0.2) is 0 Å². The highest BCUT2D eigenvalue weighted by Crippen LogP contribution is 2.63. The van der Waals surface area contributed by atoms with Crippen LogP contribution in [0, 0.1) is 28.6 Å². The molecule has 0 radical (unpaired) electrons. The third-order valence-corrected chi connectivity index (χ3v) is 8.41. The van der Waals surface area contributed by atoms with Crippen molar-refractivity contribution in [2.75, 3.05) is 0 Å². The summed E-state index contributed by atoms with van der Waals surface area (Å²) >= 11 is 3.55. The summed E-state index contributed by atoms with van der Waals surface area (Å²) < 4.78 is 0. The Morgan fingerprint density at radius 1 is 1.13 bits per heavy atom. The van der Waals surface area contributed by atoms with Crippen molar-refractivity contribution in [3.63, 3.8) is 0 Å².